The van der Waals surface area contributed by atoms with Crippen LogP contribution in [0.1, 0.15) is 64.5 Å². The van der Waals surface area contributed by atoms with Crippen molar-refractivity contribution in [2.45, 2.75) is 89.1 Å². The first-order valence-corrected chi connectivity index (χ1v) is 17.3. The molecule has 1 fully saturated rings. The van der Waals surface area contributed by atoms with Gasteiger partial charge in [0.05, 0.1) is 42.0 Å². The third-order valence-electron chi connectivity index (χ3n) is 8.72. The van der Waals surface area contributed by atoms with Crippen LogP contribution in [0.5, 0.6) is 0 Å². The fourth-order valence-corrected chi connectivity index (χ4v) is 6.91. The van der Waals surface area contributed by atoms with E-state index < -0.39 is 52.7 Å². The Morgan fingerprint density at radius 1 is 1.20 bits per heavy atom. The zero-order chi connectivity index (χ0) is 36.9. The first-order valence-electron chi connectivity index (χ1n) is 16.6. The maximum atomic E-state index is 15.9. The van der Waals surface area contributed by atoms with Crippen LogP contribution in [0.25, 0.3) is 0 Å². The molecule has 0 aliphatic carbocycles. The van der Waals surface area contributed by atoms with Crippen molar-refractivity contribution in [3.8, 4) is 6.07 Å². The average Bonchev–Trinajstić information content (AvgIpc) is 3.60. The van der Waals surface area contributed by atoms with E-state index in [-0.39, 0.29) is 52.2 Å². The summed E-state index contributed by atoms with van der Waals surface area (Å²) in [7, 11) is 0. The number of nitrogens with zero attached hydrogens (tertiary/aromatic N) is 3. The van der Waals surface area contributed by atoms with E-state index in [9.17, 15) is 15.2 Å². The molecule has 10 nitrogen and oxygen atoms in total. The zero-order valence-corrected chi connectivity index (χ0v) is 30.5. The molecule has 5 atom stereocenters. The van der Waals surface area contributed by atoms with Crippen LogP contribution >= 0.6 is 23.2 Å². The predicted octanol–water partition coefficient (Wildman–Crippen LogP) is 5.56. The fourth-order valence-electron chi connectivity index (χ4n) is 6.57. The Morgan fingerprint density at radius 2 is 1.94 bits per heavy atom. The fraction of sp³-hybridized carbons (Fsp3) is 0.528. The van der Waals surface area contributed by atoms with Gasteiger partial charge in [-0.1, -0.05) is 62.2 Å². The van der Waals surface area contributed by atoms with Gasteiger partial charge >= 0.3 is 0 Å². The number of nitriles is 1. The van der Waals surface area contributed by atoms with Gasteiger partial charge in [0.1, 0.15) is 17.0 Å². The highest BCUT2D eigenvalue weighted by molar-refractivity contribution is 6.31. The lowest BCUT2D eigenvalue weighted by atomic mass is 9.62. The highest BCUT2D eigenvalue weighted by Crippen LogP contribution is 2.52. The van der Waals surface area contributed by atoms with Gasteiger partial charge in [0.15, 0.2) is 5.82 Å². The quantitative estimate of drug-likeness (QED) is 0.128. The van der Waals surface area contributed by atoms with Crippen molar-refractivity contribution in [3.63, 3.8) is 0 Å². The average molecular weight is 736 g/mol. The van der Waals surface area contributed by atoms with Crippen LogP contribution in [0.4, 0.5) is 14.6 Å². The van der Waals surface area contributed by atoms with Gasteiger partial charge in [0.25, 0.3) is 0 Å². The lowest BCUT2D eigenvalue weighted by molar-refractivity contribution is -0.118. The van der Waals surface area contributed by atoms with E-state index in [4.69, 9.17) is 33.0 Å². The van der Waals surface area contributed by atoms with Gasteiger partial charge in [-0.25, -0.2) is 8.78 Å². The van der Waals surface area contributed by atoms with Gasteiger partial charge in [0.2, 0.25) is 5.91 Å². The first kappa shape index (κ1) is 39.6. The van der Waals surface area contributed by atoms with E-state index in [1.165, 1.54) is 30.3 Å². The molecule has 1 saturated heterocycles. The molecule has 5 N–H and O–H groups in total. The van der Waals surface area contributed by atoms with Gasteiger partial charge in [0, 0.05) is 48.0 Å². The number of hydrogen-bond acceptors (Lipinski definition) is 8. The first-order chi connectivity index (χ1) is 23.5. The van der Waals surface area contributed by atoms with Gasteiger partial charge in [-0.2, -0.15) is 10.4 Å². The monoisotopic (exact) mass is 734 g/mol. The summed E-state index contributed by atoms with van der Waals surface area (Å²) in [5, 5.41) is 43.8. The second-order valence-electron chi connectivity index (χ2n) is 14.6. The molecular weight excluding hydrogens is 689 g/mol. The summed E-state index contributed by atoms with van der Waals surface area (Å²) in [5.74, 6) is -3.17. The number of aliphatic hydroxyl groups excluding tert-OH is 2. The van der Waals surface area contributed by atoms with E-state index >= 15 is 8.78 Å². The number of hydrogen-bond donors (Lipinski definition) is 5. The number of carbonyl (C=O) groups is 1. The second kappa shape index (κ2) is 16.5. The van der Waals surface area contributed by atoms with Crippen molar-refractivity contribution < 1.29 is 28.5 Å². The van der Waals surface area contributed by atoms with E-state index in [0.717, 1.165) is 6.07 Å². The van der Waals surface area contributed by atoms with E-state index in [2.05, 4.69) is 27.1 Å². The number of anilines is 1. The predicted molar refractivity (Wildman–Crippen MR) is 189 cm³/mol. The number of amides is 1. The van der Waals surface area contributed by atoms with Crippen LogP contribution < -0.4 is 16.0 Å². The summed E-state index contributed by atoms with van der Waals surface area (Å²) < 4.78 is 39.3. The van der Waals surface area contributed by atoms with Gasteiger partial charge in [-0.3, -0.25) is 9.48 Å². The summed E-state index contributed by atoms with van der Waals surface area (Å²) in [5.41, 5.74) is -2.90. The van der Waals surface area contributed by atoms with Crippen LogP contribution in [0, 0.1) is 28.4 Å². The summed E-state index contributed by atoms with van der Waals surface area (Å²) >= 11 is 12.3. The van der Waals surface area contributed by atoms with Crippen molar-refractivity contribution in [1.29, 1.82) is 5.26 Å². The number of carbonyl (C=O) groups excluding carboxylic acids is 1. The van der Waals surface area contributed by atoms with Crippen molar-refractivity contribution in [2.75, 3.05) is 31.6 Å². The van der Waals surface area contributed by atoms with Crippen LogP contribution in [-0.2, 0) is 21.5 Å². The molecule has 2 heterocycles. The molecule has 1 aliphatic heterocycles. The molecule has 0 spiro atoms. The molecule has 1 aromatic heterocycles. The Balaban J connectivity index is 1.64. The highest BCUT2D eigenvalue weighted by atomic mass is 35.5. The minimum Gasteiger partial charge on any atom is -0.396 e. The molecule has 0 radical (unpaired) electrons. The van der Waals surface area contributed by atoms with Gasteiger partial charge in [-0.15, -0.1) is 0 Å². The van der Waals surface area contributed by atoms with Crippen LogP contribution in [0.15, 0.2) is 48.7 Å². The Bertz CT molecular complexity index is 1680. The number of aliphatic hydroxyl groups is 2. The number of halogens is 4. The number of nitrogens with one attached hydrogen (secondary N) is 3. The second-order valence-corrected chi connectivity index (χ2v) is 15.4. The highest BCUT2D eigenvalue weighted by Gasteiger charge is 2.61. The van der Waals surface area contributed by atoms with Gasteiger partial charge < -0.3 is 30.9 Å². The number of aromatic nitrogens is 2. The molecule has 1 aliphatic rings. The summed E-state index contributed by atoms with van der Waals surface area (Å²) in [6, 6.07) is 10.3. The largest absolute Gasteiger partial charge is 0.396 e. The van der Waals surface area contributed by atoms with Gasteiger partial charge in [-0.05, 0) is 62.4 Å². The number of ether oxygens (including phenoxy) is 1. The van der Waals surface area contributed by atoms with E-state index in [1.807, 2.05) is 34.6 Å². The summed E-state index contributed by atoms with van der Waals surface area (Å²) in [6.07, 6.45) is 1.83. The van der Waals surface area contributed by atoms with Crippen LogP contribution in [-0.4, -0.2) is 76.0 Å². The van der Waals surface area contributed by atoms with Crippen molar-refractivity contribution >= 4 is 34.9 Å². The van der Waals surface area contributed by atoms with E-state index in [1.54, 1.807) is 16.9 Å². The van der Waals surface area contributed by atoms with Crippen LogP contribution in [0.3, 0.4) is 0 Å². The SMILES string of the molecule is CC(C)(C)CC1NC(C(=O)Nc2ccn(CC(C)(C)OC[C@H](O)CNCCCO)n2)C(c2cccc(Cl)c2F)C1(C#N)c1ccc(Cl)cc1F. The molecule has 14 heteroatoms. The Hall–Kier alpha value is -3.15. The normalized spacial score (nSPS) is 21.6. The minimum atomic E-state index is -1.75. The maximum absolute atomic E-state index is 15.9. The number of rotatable bonds is 15. The van der Waals surface area contributed by atoms with Crippen LogP contribution in [0.2, 0.25) is 10.0 Å². The third-order valence-corrected chi connectivity index (χ3v) is 9.25. The molecule has 0 saturated carbocycles. The molecule has 0 bridgehead atoms. The zero-order valence-electron chi connectivity index (χ0n) is 28.9. The van der Waals surface area contributed by atoms with E-state index in [0.29, 0.717) is 25.9 Å². The van der Waals surface area contributed by atoms with Crippen molar-refractivity contribution in [2.24, 2.45) is 5.41 Å². The molecule has 3 aromatic rings. The molecule has 272 valence electrons. The van der Waals surface area contributed by atoms with Crippen molar-refractivity contribution in [3.05, 3.63) is 81.5 Å². The lowest BCUT2D eigenvalue weighted by Crippen LogP contribution is -2.45. The summed E-state index contributed by atoms with van der Waals surface area (Å²) in [4.78, 5) is 14.2. The smallest absolute Gasteiger partial charge is 0.243 e. The maximum Gasteiger partial charge on any atom is 0.243 e. The lowest BCUT2D eigenvalue weighted by Gasteiger charge is -2.37. The number of benzene rings is 2. The molecule has 1 amide bonds. The topological polar surface area (TPSA) is 144 Å². The molecular formula is C36H46Cl2F2N6O4. The molecule has 2 aromatic carbocycles. The Morgan fingerprint density at radius 3 is 2.60 bits per heavy atom. The third kappa shape index (κ3) is 9.39. The summed E-state index contributed by atoms with van der Waals surface area (Å²) in [6.45, 7) is 10.9. The molecule has 50 heavy (non-hydrogen) atoms. The Labute approximate surface area is 302 Å². The molecule has 4 rings (SSSR count). The minimum absolute atomic E-state index is 0.00679. The Kier molecular flexibility index (Phi) is 13.0. The van der Waals surface area contributed by atoms with Crippen molar-refractivity contribution in [1.82, 2.24) is 20.4 Å². The standard InChI is InChI=1S/C36H46Cl2F2N6O4/c1-34(2,3)17-28-36(20-41,25-11-10-22(37)16-27(25)39)30(24-8-6-9-26(38)31(24)40)32(43-28)33(49)44-29-12-14-46(45-29)21-35(4,5)50-19-23(48)18-42-13-7-15-47/h6,8-12,14,16,23,28,30,32,42-43,47-48H,7,13,15,17-19,21H2,1-5H3,(H,44,45,49)/t23-,28?,30?,32?,36?/m1/s1. The molecule has 4 unspecified atom stereocenters.